The average Bonchev–Trinajstić information content (AvgIpc) is 2.26. The molecule has 1 rings (SSSR count). The van der Waals surface area contributed by atoms with Crippen LogP contribution in [0.1, 0.15) is 25.3 Å². The quantitative estimate of drug-likeness (QED) is 0.737. The van der Waals surface area contributed by atoms with E-state index in [0.717, 1.165) is 5.56 Å². The Kier molecular flexibility index (Phi) is 4.51. The second kappa shape index (κ2) is 5.89. The highest BCUT2D eigenvalue weighted by Crippen LogP contribution is 2.18. The smallest absolute Gasteiger partial charge is 0.319 e. The first-order valence-electron chi connectivity index (χ1n) is 5.42. The van der Waals surface area contributed by atoms with Crippen LogP contribution >= 0.6 is 0 Å². The molecule has 0 aliphatic heterocycles. The molecule has 0 saturated carbocycles. The van der Waals surface area contributed by atoms with Crippen molar-refractivity contribution in [1.82, 2.24) is 5.32 Å². The zero-order valence-corrected chi connectivity index (χ0v) is 9.99. The fourth-order valence-electron chi connectivity index (χ4n) is 1.32. The largest absolute Gasteiger partial charge is 0.368 e. The normalized spacial score (nSPS) is 10.1. The molecule has 5 heteroatoms. The molecule has 0 atom stereocenters. The molecule has 1 aromatic rings. The van der Waals surface area contributed by atoms with Gasteiger partial charge in [0.2, 0.25) is 5.91 Å². The second-order valence-electron chi connectivity index (χ2n) is 4.05. The van der Waals surface area contributed by atoms with Crippen molar-refractivity contribution in [2.45, 2.75) is 19.8 Å². The van der Waals surface area contributed by atoms with Crippen LogP contribution in [-0.4, -0.2) is 18.5 Å². The summed E-state index contributed by atoms with van der Waals surface area (Å²) in [6.45, 7) is 3.98. The van der Waals surface area contributed by atoms with E-state index >= 15 is 0 Å². The fraction of sp³-hybridized carbons (Fsp3) is 0.333. The van der Waals surface area contributed by atoms with Crippen molar-refractivity contribution < 1.29 is 9.59 Å². The van der Waals surface area contributed by atoms with Crippen molar-refractivity contribution in [3.63, 3.8) is 0 Å². The number of carbonyl (C=O) groups is 2. The van der Waals surface area contributed by atoms with Crippen molar-refractivity contribution >= 4 is 17.6 Å². The number of carbonyl (C=O) groups excluding carboxylic acids is 2. The van der Waals surface area contributed by atoms with Crippen LogP contribution in [0, 0.1) is 0 Å². The molecule has 0 aliphatic carbocycles. The Morgan fingerprint density at radius 1 is 1.35 bits per heavy atom. The summed E-state index contributed by atoms with van der Waals surface area (Å²) in [7, 11) is 0. The molecule has 5 nitrogen and oxygen atoms in total. The van der Waals surface area contributed by atoms with Crippen LogP contribution in [0.5, 0.6) is 0 Å². The van der Waals surface area contributed by atoms with Crippen molar-refractivity contribution in [3.05, 3.63) is 29.8 Å². The van der Waals surface area contributed by atoms with Gasteiger partial charge in [0.05, 0.1) is 6.54 Å². The molecular formula is C12H17N3O2. The number of hydrogen-bond donors (Lipinski definition) is 3. The summed E-state index contributed by atoms with van der Waals surface area (Å²) in [6.07, 6.45) is 0. The average molecular weight is 235 g/mol. The summed E-state index contributed by atoms with van der Waals surface area (Å²) in [5, 5.41) is 4.99. The second-order valence-corrected chi connectivity index (χ2v) is 4.05. The molecule has 0 spiro atoms. The third kappa shape index (κ3) is 4.55. The Labute approximate surface area is 100 Å². The van der Waals surface area contributed by atoms with E-state index in [2.05, 4.69) is 24.5 Å². The third-order valence-corrected chi connectivity index (χ3v) is 2.23. The van der Waals surface area contributed by atoms with Crippen molar-refractivity contribution in [2.75, 3.05) is 11.9 Å². The maximum absolute atomic E-state index is 11.4. The van der Waals surface area contributed by atoms with Crippen LogP contribution < -0.4 is 16.4 Å². The molecule has 4 N–H and O–H groups in total. The zero-order chi connectivity index (χ0) is 12.8. The third-order valence-electron chi connectivity index (χ3n) is 2.23. The number of nitrogens with one attached hydrogen (secondary N) is 2. The van der Waals surface area contributed by atoms with Gasteiger partial charge >= 0.3 is 6.03 Å². The molecule has 0 fully saturated rings. The Morgan fingerprint density at radius 3 is 2.65 bits per heavy atom. The topological polar surface area (TPSA) is 84.2 Å². The Bertz CT molecular complexity index is 416. The minimum absolute atomic E-state index is 0.171. The van der Waals surface area contributed by atoms with Gasteiger partial charge in [-0.3, -0.25) is 4.79 Å². The molecule has 0 heterocycles. The van der Waals surface area contributed by atoms with Gasteiger partial charge in [0.25, 0.3) is 0 Å². The molecule has 0 aliphatic rings. The first-order valence-corrected chi connectivity index (χ1v) is 5.42. The van der Waals surface area contributed by atoms with E-state index in [1.807, 2.05) is 18.2 Å². The maximum Gasteiger partial charge on any atom is 0.319 e. The number of rotatable bonds is 4. The Balaban J connectivity index is 2.59. The molecule has 0 aromatic heterocycles. The number of anilines is 1. The zero-order valence-electron chi connectivity index (χ0n) is 9.99. The number of urea groups is 1. The fourth-order valence-corrected chi connectivity index (χ4v) is 1.32. The lowest BCUT2D eigenvalue weighted by Gasteiger charge is -2.09. The van der Waals surface area contributed by atoms with Crippen LogP contribution in [0.25, 0.3) is 0 Å². The standard InChI is InChI=1S/C12H17N3O2/c1-8(2)9-4-3-5-10(6-9)15-12(17)14-7-11(13)16/h3-6,8H,7H2,1-2H3,(H2,13,16)(H2,14,15,17). The molecule has 92 valence electrons. The summed E-state index contributed by atoms with van der Waals surface area (Å²) < 4.78 is 0. The van der Waals surface area contributed by atoms with Crippen molar-refractivity contribution in [3.8, 4) is 0 Å². The van der Waals surface area contributed by atoms with Gasteiger partial charge in [-0.2, -0.15) is 0 Å². The number of nitrogens with two attached hydrogens (primary N) is 1. The van der Waals surface area contributed by atoms with Gasteiger partial charge in [0.1, 0.15) is 0 Å². The summed E-state index contributed by atoms with van der Waals surface area (Å²) in [5.74, 6) is -0.179. The number of benzene rings is 1. The molecule has 0 saturated heterocycles. The van der Waals surface area contributed by atoms with E-state index in [-0.39, 0.29) is 6.54 Å². The van der Waals surface area contributed by atoms with E-state index in [1.54, 1.807) is 6.07 Å². The number of primary amides is 1. The molecule has 17 heavy (non-hydrogen) atoms. The Hall–Kier alpha value is -2.04. The van der Waals surface area contributed by atoms with Crippen LogP contribution in [0.3, 0.4) is 0 Å². The van der Waals surface area contributed by atoms with E-state index < -0.39 is 11.9 Å². The van der Waals surface area contributed by atoms with Crippen LogP contribution in [0.4, 0.5) is 10.5 Å². The van der Waals surface area contributed by atoms with Crippen molar-refractivity contribution in [2.24, 2.45) is 5.73 Å². The monoisotopic (exact) mass is 235 g/mol. The first-order chi connectivity index (χ1) is 7.99. The summed E-state index contributed by atoms with van der Waals surface area (Å²) in [4.78, 5) is 21.8. The van der Waals surface area contributed by atoms with E-state index in [4.69, 9.17) is 5.73 Å². The lowest BCUT2D eigenvalue weighted by atomic mass is 10.0. The summed E-state index contributed by atoms with van der Waals surface area (Å²) in [6, 6.07) is 7.12. The molecular weight excluding hydrogens is 218 g/mol. The van der Waals surface area contributed by atoms with Gasteiger partial charge in [-0.25, -0.2) is 4.79 Å². The van der Waals surface area contributed by atoms with Crippen LogP contribution in [-0.2, 0) is 4.79 Å². The maximum atomic E-state index is 11.4. The minimum atomic E-state index is -0.573. The predicted molar refractivity (Wildman–Crippen MR) is 66.7 cm³/mol. The Morgan fingerprint density at radius 2 is 2.06 bits per heavy atom. The number of amides is 3. The highest BCUT2D eigenvalue weighted by atomic mass is 16.2. The predicted octanol–water partition coefficient (Wildman–Crippen LogP) is 1.42. The molecule has 3 amide bonds. The molecule has 1 aromatic carbocycles. The lowest BCUT2D eigenvalue weighted by molar-refractivity contribution is -0.117. The van der Waals surface area contributed by atoms with Gasteiger partial charge < -0.3 is 16.4 Å². The molecule has 0 bridgehead atoms. The number of hydrogen-bond acceptors (Lipinski definition) is 2. The van der Waals surface area contributed by atoms with Crippen LogP contribution in [0.2, 0.25) is 0 Å². The van der Waals surface area contributed by atoms with E-state index in [9.17, 15) is 9.59 Å². The van der Waals surface area contributed by atoms with Gasteiger partial charge in [0, 0.05) is 5.69 Å². The highest BCUT2D eigenvalue weighted by molar-refractivity contribution is 5.91. The summed E-state index contributed by atoms with van der Waals surface area (Å²) >= 11 is 0. The van der Waals surface area contributed by atoms with Gasteiger partial charge in [-0.05, 0) is 23.6 Å². The van der Waals surface area contributed by atoms with Crippen LogP contribution in [0.15, 0.2) is 24.3 Å². The first kappa shape index (κ1) is 13.0. The molecule has 0 radical (unpaired) electrons. The SMILES string of the molecule is CC(C)c1cccc(NC(=O)NCC(N)=O)c1. The van der Waals surface area contributed by atoms with Gasteiger partial charge in [-0.15, -0.1) is 0 Å². The summed E-state index contributed by atoms with van der Waals surface area (Å²) in [5.41, 5.74) is 6.75. The molecule has 0 unspecified atom stereocenters. The minimum Gasteiger partial charge on any atom is -0.368 e. The van der Waals surface area contributed by atoms with E-state index in [1.165, 1.54) is 0 Å². The van der Waals surface area contributed by atoms with Crippen molar-refractivity contribution in [1.29, 1.82) is 0 Å². The van der Waals surface area contributed by atoms with E-state index in [0.29, 0.717) is 11.6 Å². The van der Waals surface area contributed by atoms with Gasteiger partial charge in [0.15, 0.2) is 0 Å². The van der Waals surface area contributed by atoms with Gasteiger partial charge in [-0.1, -0.05) is 26.0 Å². The highest BCUT2D eigenvalue weighted by Gasteiger charge is 2.04. The lowest BCUT2D eigenvalue weighted by Crippen LogP contribution is -2.36.